The molecule has 0 radical (unpaired) electrons. The summed E-state index contributed by atoms with van der Waals surface area (Å²) in [5, 5.41) is 2.86. The second-order valence-electron chi connectivity index (χ2n) is 8.11. The molecule has 2 N–H and O–H groups in total. The van der Waals surface area contributed by atoms with Crippen LogP contribution in [0.5, 0.6) is 5.75 Å². The SMILES string of the molecule is COc1ccccc1C(=O)Nc1ccc(C(=O)N2CCc3[nH]c(C)nc3-c3ccccc32)cc1. The summed E-state index contributed by atoms with van der Waals surface area (Å²) in [5.41, 5.74) is 5.30. The first kappa shape index (κ1) is 21.5. The molecule has 1 aromatic heterocycles. The molecule has 34 heavy (non-hydrogen) atoms. The smallest absolute Gasteiger partial charge is 0.259 e. The van der Waals surface area contributed by atoms with Crippen LogP contribution in [0.15, 0.2) is 72.8 Å². The van der Waals surface area contributed by atoms with Crippen LogP contribution in [-0.2, 0) is 6.42 Å². The van der Waals surface area contributed by atoms with E-state index in [4.69, 9.17) is 4.74 Å². The van der Waals surface area contributed by atoms with E-state index in [-0.39, 0.29) is 11.8 Å². The number of hydrogen-bond acceptors (Lipinski definition) is 4. The van der Waals surface area contributed by atoms with Crippen LogP contribution in [0.2, 0.25) is 0 Å². The lowest BCUT2D eigenvalue weighted by Crippen LogP contribution is -2.32. The lowest BCUT2D eigenvalue weighted by Gasteiger charge is -2.23. The predicted molar refractivity (Wildman–Crippen MR) is 132 cm³/mol. The van der Waals surface area contributed by atoms with Crippen molar-refractivity contribution in [3.8, 4) is 17.0 Å². The molecule has 0 saturated carbocycles. The maximum absolute atomic E-state index is 13.5. The third kappa shape index (κ3) is 3.92. The average Bonchev–Trinajstić information content (AvgIpc) is 3.17. The monoisotopic (exact) mass is 452 g/mol. The number of carbonyl (C=O) groups excluding carboxylic acids is 2. The van der Waals surface area contributed by atoms with E-state index in [1.807, 2.05) is 37.3 Å². The summed E-state index contributed by atoms with van der Waals surface area (Å²) in [6.45, 7) is 2.48. The standard InChI is InChI=1S/C27H24N4O3/c1-17-28-22-15-16-31(23-9-5-3-7-20(23)25(22)29-17)27(33)18-11-13-19(14-12-18)30-26(32)21-8-4-6-10-24(21)34-2/h3-14H,15-16H2,1-2H3,(H,28,29)(H,30,32). The number of nitrogens with one attached hydrogen (secondary N) is 2. The van der Waals surface area contributed by atoms with Gasteiger partial charge in [0.25, 0.3) is 11.8 Å². The van der Waals surface area contributed by atoms with Gasteiger partial charge in [-0.05, 0) is 49.4 Å². The van der Waals surface area contributed by atoms with Gasteiger partial charge in [-0.2, -0.15) is 0 Å². The number of aryl methyl sites for hydroxylation is 1. The maximum Gasteiger partial charge on any atom is 0.259 e. The minimum Gasteiger partial charge on any atom is -0.496 e. The van der Waals surface area contributed by atoms with Gasteiger partial charge < -0.3 is 19.9 Å². The molecule has 3 aromatic carbocycles. The Morgan fingerprint density at radius 3 is 2.53 bits per heavy atom. The van der Waals surface area contributed by atoms with Gasteiger partial charge in [-0.15, -0.1) is 0 Å². The van der Waals surface area contributed by atoms with E-state index < -0.39 is 0 Å². The molecule has 0 saturated heterocycles. The number of carbonyl (C=O) groups is 2. The van der Waals surface area contributed by atoms with Gasteiger partial charge in [0.15, 0.2) is 0 Å². The summed E-state index contributed by atoms with van der Waals surface area (Å²) in [6.07, 6.45) is 0.684. The second kappa shape index (κ2) is 8.86. The number of rotatable bonds is 4. The number of imidazole rings is 1. The Kier molecular flexibility index (Phi) is 5.59. The van der Waals surface area contributed by atoms with Crippen molar-refractivity contribution in [1.29, 1.82) is 0 Å². The van der Waals surface area contributed by atoms with E-state index in [0.717, 1.165) is 28.5 Å². The highest BCUT2D eigenvalue weighted by molar-refractivity contribution is 6.09. The van der Waals surface area contributed by atoms with Crippen LogP contribution >= 0.6 is 0 Å². The Bertz CT molecular complexity index is 1370. The van der Waals surface area contributed by atoms with Crippen molar-refractivity contribution < 1.29 is 14.3 Å². The first-order chi connectivity index (χ1) is 16.5. The molecule has 1 aliphatic heterocycles. The molecule has 5 rings (SSSR count). The van der Waals surface area contributed by atoms with E-state index in [1.54, 1.807) is 47.4 Å². The molecule has 0 unspecified atom stereocenters. The van der Waals surface area contributed by atoms with Crippen LogP contribution in [0.4, 0.5) is 11.4 Å². The van der Waals surface area contributed by atoms with Gasteiger partial charge >= 0.3 is 0 Å². The van der Waals surface area contributed by atoms with Gasteiger partial charge in [0.2, 0.25) is 0 Å². The number of fused-ring (bicyclic) bond motifs is 3. The topological polar surface area (TPSA) is 87.3 Å². The third-order valence-electron chi connectivity index (χ3n) is 5.92. The van der Waals surface area contributed by atoms with Crippen molar-refractivity contribution in [2.75, 3.05) is 23.9 Å². The zero-order valence-corrected chi connectivity index (χ0v) is 19.0. The fourth-order valence-electron chi connectivity index (χ4n) is 4.29. The average molecular weight is 453 g/mol. The third-order valence-corrected chi connectivity index (χ3v) is 5.92. The minimum atomic E-state index is -0.276. The first-order valence-corrected chi connectivity index (χ1v) is 11.1. The van der Waals surface area contributed by atoms with E-state index in [9.17, 15) is 9.59 Å². The molecule has 4 aromatic rings. The van der Waals surface area contributed by atoms with Gasteiger partial charge in [-0.25, -0.2) is 4.98 Å². The minimum absolute atomic E-state index is 0.100. The Hall–Kier alpha value is -4.39. The molecule has 0 atom stereocenters. The van der Waals surface area contributed by atoms with Crippen LogP contribution < -0.4 is 15.0 Å². The highest BCUT2D eigenvalue weighted by Crippen LogP contribution is 2.35. The van der Waals surface area contributed by atoms with Crippen molar-refractivity contribution in [2.45, 2.75) is 13.3 Å². The van der Waals surface area contributed by atoms with Crippen molar-refractivity contribution >= 4 is 23.2 Å². The van der Waals surface area contributed by atoms with E-state index in [1.165, 1.54) is 7.11 Å². The molecular formula is C27H24N4O3. The summed E-state index contributed by atoms with van der Waals surface area (Å²) in [7, 11) is 1.53. The molecule has 2 heterocycles. The number of hydrogen-bond donors (Lipinski definition) is 2. The molecule has 0 aliphatic carbocycles. The van der Waals surface area contributed by atoms with Crippen molar-refractivity contribution in [1.82, 2.24) is 9.97 Å². The number of nitrogens with zero attached hydrogens (tertiary/aromatic N) is 2. The summed E-state index contributed by atoms with van der Waals surface area (Å²) in [6, 6.07) is 21.8. The molecule has 0 spiro atoms. The van der Waals surface area contributed by atoms with E-state index in [0.29, 0.717) is 35.5 Å². The normalized spacial score (nSPS) is 12.4. The summed E-state index contributed by atoms with van der Waals surface area (Å²) >= 11 is 0. The zero-order valence-electron chi connectivity index (χ0n) is 19.0. The number of H-pyrrole nitrogens is 1. The van der Waals surface area contributed by atoms with Crippen LogP contribution in [0.1, 0.15) is 32.2 Å². The van der Waals surface area contributed by atoms with Gasteiger partial charge in [0.1, 0.15) is 11.6 Å². The summed E-state index contributed by atoms with van der Waals surface area (Å²) in [5.74, 6) is 0.991. The number of ether oxygens (including phenoxy) is 1. The molecule has 170 valence electrons. The number of amides is 2. The Morgan fingerprint density at radius 2 is 1.74 bits per heavy atom. The number of para-hydroxylation sites is 2. The van der Waals surface area contributed by atoms with Crippen LogP contribution in [0.25, 0.3) is 11.3 Å². The van der Waals surface area contributed by atoms with Gasteiger partial charge in [0, 0.05) is 35.5 Å². The quantitative estimate of drug-likeness (QED) is 0.463. The molecule has 7 heteroatoms. The number of aromatic amines is 1. The van der Waals surface area contributed by atoms with E-state index in [2.05, 4.69) is 15.3 Å². The highest BCUT2D eigenvalue weighted by Gasteiger charge is 2.26. The van der Waals surface area contributed by atoms with Gasteiger partial charge in [-0.3, -0.25) is 9.59 Å². The molecular weight excluding hydrogens is 428 g/mol. The van der Waals surface area contributed by atoms with Crippen LogP contribution in [-0.4, -0.2) is 35.4 Å². The van der Waals surface area contributed by atoms with Crippen LogP contribution in [0.3, 0.4) is 0 Å². The van der Waals surface area contributed by atoms with Crippen molar-refractivity contribution in [3.05, 3.63) is 95.4 Å². The maximum atomic E-state index is 13.5. The molecule has 2 amide bonds. The molecule has 0 bridgehead atoms. The molecule has 1 aliphatic rings. The van der Waals surface area contributed by atoms with Crippen molar-refractivity contribution in [3.63, 3.8) is 0 Å². The number of aromatic nitrogens is 2. The lowest BCUT2D eigenvalue weighted by atomic mass is 10.1. The van der Waals surface area contributed by atoms with Crippen molar-refractivity contribution in [2.24, 2.45) is 0 Å². The molecule has 7 nitrogen and oxygen atoms in total. The van der Waals surface area contributed by atoms with E-state index >= 15 is 0 Å². The fourth-order valence-corrected chi connectivity index (χ4v) is 4.29. The first-order valence-electron chi connectivity index (χ1n) is 11.1. The number of benzene rings is 3. The van der Waals surface area contributed by atoms with Crippen LogP contribution in [0, 0.1) is 6.92 Å². The fraction of sp³-hybridized carbons (Fsp3) is 0.148. The number of anilines is 2. The van der Waals surface area contributed by atoms with Gasteiger partial charge in [0.05, 0.1) is 24.1 Å². The predicted octanol–water partition coefficient (Wildman–Crippen LogP) is 4.85. The Balaban J connectivity index is 1.38. The second-order valence-corrected chi connectivity index (χ2v) is 8.11. The highest BCUT2D eigenvalue weighted by atomic mass is 16.5. The molecule has 0 fully saturated rings. The Morgan fingerprint density at radius 1 is 1.00 bits per heavy atom. The van der Waals surface area contributed by atoms with Gasteiger partial charge in [-0.1, -0.05) is 30.3 Å². The zero-order chi connectivity index (χ0) is 23.7. The largest absolute Gasteiger partial charge is 0.496 e. The number of methoxy groups -OCH3 is 1. The summed E-state index contributed by atoms with van der Waals surface area (Å²) in [4.78, 5) is 35.9. The lowest BCUT2D eigenvalue weighted by molar-refractivity contribution is 0.0986. The summed E-state index contributed by atoms with van der Waals surface area (Å²) < 4.78 is 5.27. The Labute approximate surface area is 197 Å².